The first-order valence-corrected chi connectivity index (χ1v) is 9.85. The Balaban J connectivity index is 1.44. The third-order valence-electron chi connectivity index (χ3n) is 4.74. The lowest BCUT2D eigenvalue weighted by Gasteiger charge is -2.34. The van der Waals surface area contributed by atoms with Crippen molar-refractivity contribution in [3.05, 3.63) is 57.5 Å². The molecule has 0 bridgehead atoms. The molecule has 1 aliphatic heterocycles. The maximum atomic E-state index is 6.12. The van der Waals surface area contributed by atoms with Crippen LogP contribution in [-0.4, -0.2) is 18.1 Å². The number of hydrogen-bond acceptors (Lipinski definition) is 3. The van der Waals surface area contributed by atoms with E-state index in [9.17, 15) is 0 Å². The van der Waals surface area contributed by atoms with Crippen LogP contribution in [0.25, 0.3) is 10.2 Å². The molecule has 0 N–H and O–H groups in total. The molecule has 0 radical (unpaired) electrons. The zero-order valence-corrected chi connectivity index (χ0v) is 15.5. The fourth-order valence-electron chi connectivity index (χ4n) is 3.57. The predicted molar refractivity (Wildman–Crippen MR) is 105 cm³/mol. The Bertz CT molecular complexity index is 833. The maximum absolute atomic E-state index is 6.12. The number of aromatic nitrogens is 1. The molecule has 2 aromatic carbocycles. The van der Waals surface area contributed by atoms with E-state index >= 15 is 0 Å². The van der Waals surface area contributed by atoms with E-state index in [0.29, 0.717) is 5.92 Å². The molecule has 0 atom stereocenters. The number of rotatable bonds is 3. The fourth-order valence-corrected chi connectivity index (χ4v) is 4.84. The number of halogens is 2. The van der Waals surface area contributed by atoms with Crippen molar-refractivity contribution >= 4 is 50.4 Å². The summed E-state index contributed by atoms with van der Waals surface area (Å²) in [6.07, 6.45) is 3.42. The summed E-state index contributed by atoms with van der Waals surface area (Å²) in [6, 6.07) is 12.3. The van der Waals surface area contributed by atoms with Gasteiger partial charge in [-0.1, -0.05) is 29.3 Å². The van der Waals surface area contributed by atoms with Crippen LogP contribution >= 0.6 is 34.5 Å². The van der Waals surface area contributed by atoms with Crippen molar-refractivity contribution in [3.8, 4) is 0 Å². The average molecular weight is 377 g/mol. The fraction of sp³-hybridized carbons (Fsp3) is 0.316. The molecule has 4 rings (SSSR count). The number of para-hydroxylation sites is 1. The summed E-state index contributed by atoms with van der Waals surface area (Å²) in [5.74, 6) is 0.686. The SMILES string of the molecule is Clc1cc(Cl)cc(CC2CCN(c3cccc4scnc34)CC2)c1. The van der Waals surface area contributed by atoms with Crippen molar-refractivity contribution in [1.82, 2.24) is 4.98 Å². The molecule has 2 nitrogen and oxygen atoms in total. The molecule has 0 unspecified atom stereocenters. The second-order valence-corrected chi connectivity index (χ2v) is 8.15. The minimum Gasteiger partial charge on any atom is -0.370 e. The lowest BCUT2D eigenvalue weighted by Crippen LogP contribution is -2.34. The van der Waals surface area contributed by atoms with Gasteiger partial charge in [0.25, 0.3) is 0 Å². The first-order valence-electron chi connectivity index (χ1n) is 8.21. The molecule has 0 saturated carbocycles. The molecule has 2 heterocycles. The van der Waals surface area contributed by atoms with E-state index in [2.05, 4.69) is 28.1 Å². The quantitative estimate of drug-likeness (QED) is 0.551. The highest BCUT2D eigenvalue weighted by Gasteiger charge is 2.21. The molecule has 0 aliphatic carbocycles. The average Bonchev–Trinajstić information content (AvgIpc) is 3.03. The predicted octanol–water partition coefficient (Wildman–Crippen LogP) is 6.06. The molecule has 1 aliphatic rings. The molecule has 1 fully saturated rings. The van der Waals surface area contributed by atoms with E-state index in [0.717, 1.165) is 35.1 Å². The Hall–Kier alpha value is -1.29. The second-order valence-electron chi connectivity index (χ2n) is 6.39. The third-order valence-corrected chi connectivity index (χ3v) is 5.97. The van der Waals surface area contributed by atoms with E-state index in [1.807, 2.05) is 17.6 Å². The van der Waals surface area contributed by atoms with Gasteiger partial charge in [-0.3, -0.25) is 0 Å². The van der Waals surface area contributed by atoms with Crippen LogP contribution in [0.1, 0.15) is 18.4 Å². The van der Waals surface area contributed by atoms with Crippen LogP contribution in [0.4, 0.5) is 5.69 Å². The Morgan fingerprint density at radius 1 is 1.08 bits per heavy atom. The summed E-state index contributed by atoms with van der Waals surface area (Å²) >= 11 is 13.9. The lowest BCUT2D eigenvalue weighted by molar-refractivity contribution is 0.404. The minimum atomic E-state index is 0.686. The van der Waals surface area contributed by atoms with Gasteiger partial charge in [-0.15, -0.1) is 11.3 Å². The molecular formula is C19H18Cl2N2S. The van der Waals surface area contributed by atoms with E-state index in [-0.39, 0.29) is 0 Å². The van der Waals surface area contributed by atoms with Crippen molar-refractivity contribution in [2.75, 3.05) is 18.0 Å². The van der Waals surface area contributed by atoms with Gasteiger partial charge in [0.15, 0.2) is 0 Å². The molecule has 1 saturated heterocycles. The van der Waals surface area contributed by atoms with Gasteiger partial charge in [-0.2, -0.15) is 0 Å². The van der Waals surface area contributed by atoms with E-state index < -0.39 is 0 Å². The molecular weight excluding hydrogens is 359 g/mol. The number of thiazole rings is 1. The monoisotopic (exact) mass is 376 g/mol. The van der Waals surface area contributed by atoms with Crippen molar-refractivity contribution in [1.29, 1.82) is 0 Å². The van der Waals surface area contributed by atoms with Crippen LogP contribution in [0.15, 0.2) is 41.9 Å². The van der Waals surface area contributed by atoms with Crippen molar-refractivity contribution in [2.45, 2.75) is 19.3 Å². The molecule has 0 amide bonds. The Labute approximate surface area is 156 Å². The summed E-state index contributed by atoms with van der Waals surface area (Å²) in [5.41, 5.74) is 5.59. The highest BCUT2D eigenvalue weighted by atomic mass is 35.5. The van der Waals surface area contributed by atoms with Crippen molar-refractivity contribution in [2.24, 2.45) is 5.92 Å². The summed E-state index contributed by atoms with van der Waals surface area (Å²) < 4.78 is 1.27. The van der Waals surface area contributed by atoms with Gasteiger partial charge in [0, 0.05) is 23.1 Å². The van der Waals surface area contributed by atoms with Crippen molar-refractivity contribution in [3.63, 3.8) is 0 Å². The van der Waals surface area contributed by atoms with Crippen LogP contribution in [0.3, 0.4) is 0 Å². The molecule has 3 aromatic rings. The summed E-state index contributed by atoms with van der Waals surface area (Å²) in [4.78, 5) is 7.02. The van der Waals surface area contributed by atoms with E-state index in [1.54, 1.807) is 17.4 Å². The van der Waals surface area contributed by atoms with Gasteiger partial charge < -0.3 is 4.90 Å². The number of hydrogen-bond donors (Lipinski definition) is 0. The number of anilines is 1. The number of benzene rings is 2. The first-order chi connectivity index (χ1) is 11.7. The number of nitrogens with zero attached hydrogens (tertiary/aromatic N) is 2. The lowest BCUT2D eigenvalue weighted by atomic mass is 9.90. The smallest absolute Gasteiger partial charge is 0.104 e. The van der Waals surface area contributed by atoms with Crippen molar-refractivity contribution < 1.29 is 0 Å². The Kier molecular flexibility index (Phi) is 4.66. The van der Waals surface area contributed by atoms with Crippen LogP contribution in [-0.2, 0) is 6.42 Å². The topological polar surface area (TPSA) is 16.1 Å². The molecule has 1 aromatic heterocycles. The Morgan fingerprint density at radius 2 is 1.83 bits per heavy atom. The summed E-state index contributed by atoms with van der Waals surface area (Å²) in [7, 11) is 0. The summed E-state index contributed by atoms with van der Waals surface area (Å²) in [5, 5.41) is 1.45. The highest BCUT2D eigenvalue weighted by molar-refractivity contribution is 7.16. The number of piperidine rings is 1. The minimum absolute atomic E-state index is 0.686. The zero-order chi connectivity index (χ0) is 16.5. The molecule has 5 heteroatoms. The normalized spacial score (nSPS) is 16.0. The maximum Gasteiger partial charge on any atom is 0.104 e. The zero-order valence-electron chi connectivity index (χ0n) is 13.2. The standard InChI is InChI=1S/C19H18Cl2N2S/c20-15-9-14(10-16(21)11-15)8-13-4-6-23(7-5-13)17-2-1-3-18-19(17)22-12-24-18/h1-3,9-13H,4-8H2. The molecule has 24 heavy (non-hydrogen) atoms. The number of fused-ring (bicyclic) bond motifs is 1. The Morgan fingerprint density at radius 3 is 2.58 bits per heavy atom. The highest BCUT2D eigenvalue weighted by Crippen LogP contribution is 2.32. The molecule has 0 spiro atoms. The van der Waals surface area contributed by atoms with E-state index in [4.69, 9.17) is 23.2 Å². The first kappa shape index (κ1) is 16.2. The van der Waals surface area contributed by atoms with Crippen LogP contribution < -0.4 is 4.90 Å². The van der Waals surface area contributed by atoms with Gasteiger partial charge in [0.2, 0.25) is 0 Å². The summed E-state index contributed by atoms with van der Waals surface area (Å²) in [6.45, 7) is 2.16. The van der Waals surface area contributed by atoms with Gasteiger partial charge >= 0.3 is 0 Å². The van der Waals surface area contributed by atoms with Gasteiger partial charge in [-0.05, 0) is 61.1 Å². The van der Waals surface area contributed by atoms with Crippen LogP contribution in [0, 0.1) is 5.92 Å². The van der Waals surface area contributed by atoms with Crippen LogP contribution in [0.5, 0.6) is 0 Å². The van der Waals surface area contributed by atoms with E-state index in [1.165, 1.54) is 28.8 Å². The van der Waals surface area contributed by atoms with Gasteiger partial charge in [0.1, 0.15) is 5.52 Å². The molecule has 124 valence electrons. The van der Waals surface area contributed by atoms with Gasteiger partial charge in [-0.25, -0.2) is 4.98 Å². The van der Waals surface area contributed by atoms with Gasteiger partial charge in [0.05, 0.1) is 15.9 Å². The largest absolute Gasteiger partial charge is 0.370 e. The van der Waals surface area contributed by atoms with Crippen LogP contribution in [0.2, 0.25) is 10.0 Å². The third kappa shape index (κ3) is 3.39. The second kappa shape index (κ2) is 6.91.